The fraction of sp³-hybridized carbons (Fsp3) is 0.800. The van der Waals surface area contributed by atoms with Crippen LogP contribution in [-0.2, 0) is 9.47 Å². The quantitative estimate of drug-likeness (QED) is 0.716. The first-order valence-electron chi connectivity index (χ1n) is 7.11. The van der Waals surface area contributed by atoms with Crippen LogP contribution in [0.2, 0.25) is 0 Å². The molecule has 2 fully saturated rings. The minimum absolute atomic E-state index is 0.218. The van der Waals surface area contributed by atoms with Crippen LogP contribution >= 0.6 is 0 Å². The van der Waals surface area contributed by atoms with Gasteiger partial charge in [0.2, 0.25) is 0 Å². The summed E-state index contributed by atoms with van der Waals surface area (Å²) in [5.74, 6) is 2.66. The number of ether oxygens (including phenoxy) is 2. The van der Waals surface area contributed by atoms with E-state index in [9.17, 15) is 4.79 Å². The first-order valence-corrected chi connectivity index (χ1v) is 7.11. The highest BCUT2D eigenvalue weighted by Crippen LogP contribution is 2.30. The highest BCUT2D eigenvalue weighted by molar-refractivity contribution is 5.69. The number of nitrogens with zero attached hydrogens (tertiary/aromatic N) is 2. The number of hydrogen-bond acceptors (Lipinski definition) is 4. The molecule has 0 bridgehead atoms. The van der Waals surface area contributed by atoms with Crippen LogP contribution in [0.3, 0.4) is 0 Å². The summed E-state index contributed by atoms with van der Waals surface area (Å²) in [6.45, 7) is 10.2. The molecule has 2 aliphatic rings. The molecule has 0 aromatic rings. The zero-order chi connectivity index (χ0) is 14.8. The van der Waals surface area contributed by atoms with Gasteiger partial charge in [-0.3, -0.25) is 4.90 Å². The molecule has 0 radical (unpaired) electrons. The van der Waals surface area contributed by atoms with E-state index in [1.165, 1.54) is 0 Å². The normalized spacial score (nSPS) is 22.2. The molecule has 0 N–H and O–H groups in total. The standard InChI is InChI=1S/C15H24N2O3/c1-5-6-7-16-8-9-19-15(10-16)11-17(12-15)13(18)20-14(2,3)4/h1H,6-12H2,2-4H3. The van der Waals surface area contributed by atoms with Gasteiger partial charge in [-0.1, -0.05) is 0 Å². The summed E-state index contributed by atoms with van der Waals surface area (Å²) in [7, 11) is 0. The van der Waals surface area contributed by atoms with Crippen molar-refractivity contribution >= 4 is 6.09 Å². The van der Waals surface area contributed by atoms with Gasteiger partial charge in [-0.2, -0.15) is 0 Å². The number of likely N-dealkylation sites (tertiary alicyclic amines) is 1. The Morgan fingerprint density at radius 1 is 1.40 bits per heavy atom. The highest BCUT2D eigenvalue weighted by atomic mass is 16.6. The molecule has 0 aromatic carbocycles. The van der Waals surface area contributed by atoms with Crippen molar-refractivity contribution in [3.63, 3.8) is 0 Å². The average Bonchev–Trinajstić information content (AvgIpc) is 2.31. The summed E-state index contributed by atoms with van der Waals surface area (Å²) in [6, 6.07) is 0. The second-order valence-electron chi connectivity index (χ2n) is 6.60. The largest absolute Gasteiger partial charge is 0.444 e. The van der Waals surface area contributed by atoms with Gasteiger partial charge in [0.05, 0.1) is 19.7 Å². The van der Waals surface area contributed by atoms with E-state index >= 15 is 0 Å². The molecule has 0 saturated carbocycles. The van der Waals surface area contributed by atoms with Gasteiger partial charge in [-0.15, -0.1) is 12.3 Å². The van der Waals surface area contributed by atoms with Crippen molar-refractivity contribution in [3.8, 4) is 12.3 Å². The number of carbonyl (C=O) groups excluding carboxylic acids is 1. The molecule has 5 nitrogen and oxygen atoms in total. The Bertz CT molecular complexity index is 402. The van der Waals surface area contributed by atoms with E-state index in [0.717, 1.165) is 26.1 Å². The van der Waals surface area contributed by atoms with Crippen molar-refractivity contribution in [2.75, 3.05) is 39.3 Å². The van der Waals surface area contributed by atoms with E-state index in [1.807, 2.05) is 20.8 Å². The molecule has 0 aliphatic carbocycles. The van der Waals surface area contributed by atoms with Crippen molar-refractivity contribution in [2.24, 2.45) is 0 Å². The summed E-state index contributed by atoms with van der Waals surface area (Å²) >= 11 is 0. The summed E-state index contributed by atoms with van der Waals surface area (Å²) in [5.41, 5.74) is -0.671. The number of hydrogen-bond donors (Lipinski definition) is 0. The van der Waals surface area contributed by atoms with Gasteiger partial charge < -0.3 is 14.4 Å². The molecule has 112 valence electrons. The zero-order valence-electron chi connectivity index (χ0n) is 12.6. The van der Waals surface area contributed by atoms with Gasteiger partial charge in [0, 0.05) is 26.1 Å². The molecule has 2 heterocycles. The predicted octanol–water partition coefficient (Wildman–Crippen LogP) is 1.33. The number of terminal acetylenes is 1. The van der Waals surface area contributed by atoms with Crippen LogP contribution in [0.5, 0.6) is 0 Å². The van der Waals surface area contributed by atoms with Crippen molar-refractivity contribution in [3.05, 3.63) is 0 Å². The fourth-order valence-electron chi connectivity index (χ4n) is 2.63. The molecule has 20 heavy (non-hydrogen) atoms. The molecule has 2 saturated heterocycles. The topological polar surface area (TPSA) is 42.0 Å². The van der Waals surface area contributed by atoms with E-state index in [-0.39, 0.29) is 11.7 Å². The molecular formula is C15H24N2O3. The van der Waals surface area contributed by atoms with Crippen molar-refractivity contribution < 1.29 is 14.3 Å². The predicted molar refractivity (Wildman–Crippen MR) is 76.4 cm³/mol. The Kier molecular flexibility index (Phi) is 4.26. The second kappa shape index (κ2) is 5.63. The van der Waals surface area contributed by atoms with E-state index in [1.54, 1.807) is 4.90 Å². The van der Waals surface area contributed by atoms with Gasteiger partial charge in [-0.25, -0.2) is 4.79 Å². The smallest absolute Gasteiger partial charge is 0.410 e. The van der Waals surface area contributed by atoms with Crippen LogP contribution in [0.1, 0.15) is 27.2 Å². The van der Waals surface area contributed by atoms with Gasteiger partial charge in [-0.05, 0) is 20.8 Å². The van der Waals surface area contributed by atoms with E-state index in [0.29, 0.717) is 19.7 Å². The van der Waals surface area contributed by atoms with E-state index in [4.69, 9.17) is 15.9 Å². The SMILES string of the molecule is C#CCCN1CCOC2(C1)CN(C(=O)OC(C)(C)C)C2. The summed E-state index contributed by atoms with van der Waals surface area (Å²) < 4.78 is 11.2. The van der Waals surface area contributed by atoms with Crippen LogP contribution in [0.25, 0.3) is 0 Å². The zero-order valence-corrected chi connectivity index (χ0v) is 12.6. The molecule has 2 aliphatic heterocycles. The lowest BCUT2D eigenvalue weighted by atomic mass is 9.92. The monoisotopic (exact) mass is 280 g/mol. The minimum Gasteiger partial charge on any atom is -0.444 e. The first kappa shape index (κ1) is 15.1. The second-order valence-corrected chi connectivity index (χ2v) is 6.60. The molecule has 0 unspecified atom stereocenters. The molecular weight excluding hydrogens is 256 g/mol. The average molecular weight is 280 g/mol. The van der Waals surface area contributed by atoms with Gasteiger partial charge in [0.1, 0.15) is 11.2 Å². The Labute approximate surface area is 121 Å². The highest BCUT2D eigenvalue weighted by Gasteiger charge is 2.49. The van der Waals surface area contributed by atoms with Crippen LogP contribution in [0, 0.1) is 12.3 Å². The van der Waals surface area contributed by atoms with Crippen LogP contribution < -0.4 is 0 Å². The Morgan fingerprint density at radius 3 is 2.70 bits per heavy atom. The Balaban J connectivity index is 1.82. The molecule has 1 amide bonds. The number of amides is 1. The van der Waals surface area contributed by atoms with Crippen molar-refractivity contribution in [2.45, 2.75) is 38.4 Å². The minimum atomic E-state index is -0.452. The van der Waals surface area contributed by atoms with Gasteiger partial charge in [0.25, 0.3) is 0 Å². The van der Waals surface area contributed by atoms with Gasteiger partial charge in [0.15, 0.2) is 0 Å². The lowest BCUT2D eigenvalue weighted by molar-refractivity contribution is -0.177. The lowest BCUT2D eigenvalue weighted by Crippen LogP contribution is -2.71. The van der Waals surface area contributed by atoms with Crippen LogP contribution in [-0.4, -0.2) is 66.4 Å². The molecule has 5 heteroatoms. The van der Waals surface area contributed by atoms with Gasteiger partial charge >= 0.3 is 6.09 Å². The maximum absolute atomic E-state index is 11.9. The fourth-order valence-corrected chi connectivity index (χ4v) is 2.63. The number of carbonyl (C=O) groups is 1. The first-order chi connectivity index (χ1) is 9.34. The van der Waals surface area contributed by atoms with Crippen molar-refractivity contribution in [1.82, 2.24) is 9.80 Å². The molecule has 2 rings (SSSR count). The third kappa shape index (κ3) is 3.65. The molecule has 0 atom stereocenters. The molecule has 1 spiro atoms. The summed E-state index contributed by atoms with van der Waals surface area (Å²) in [5, 5.41) is 0. The lowest BCUT2D eigenvalue weighted by Gasteiger charge is -2.53. The van der Waals surface area contributed by atoms with Crippen molar-refractivity contribution in [1.29, 1.82) is 0 Å². The number of morpholine rings is 1. The Hall–Kier alpha value is -1.25. The maximum atomic E-state index is 11.9. The Morgan fingerprint density at radius 2 is 2.10 bits per heavy atom. The number of rotatable bonds is 2. The van der Waals surface area contributed by atoms with Crippen LogP contribution in [0.15, 0.2) is 0 Å². The molecule has 0 aromatic heterocycles. The third-order valence-electron chi connectivity index (χ3n) is 3.51. The summed E-state index contributed by atoms with van der Waals surface area (Å²) in [6.07, 6.45) is 5.80. The van der Waals surface area contributed by atoms with Crippen LogP contribution in [0.4, 0.5) is 4.79 Å². The third-order valence-corrected chi connectivity index (χ3v) is 3.51. The maximum Gasteiger partial charge on any atom is 0.410 e. The summed E-state index contributed by atoms with van der Waals surface area (Å²) in [4.78, 5) is 15.9. The van der Waals surface area contributed by atoms with E-state index < -0.39 is 5.60 Å². The van der Waals surface area contributed by atoms with E-state index in [2.05, 4.69) is 10.8 Å².